The first-order valence-electron chi connectivity index (χ1n) is 9.03. The van der Waals surface area contributed by atoms with Gasteiger partial charge in [0.1, 0.15) is 6.54 Å². The topological polar surface area (TPSA) is 49.4 Å². The molecule has 0 saturated heterocycles. The van der Waals surface area contributed by atoms with Crippen LogP contribution in [0.25, 0.3) is 0 Å². The highest BCUT2D eigenvalue weighted by atomic mass is 32.2. The molecule has 0 fully saturated rings. The van der Waals surface area contributed by atoms with E-state index >= 15 is 0 Å². The van der Waals surface area contributed by atoms with Crippen LogP contribution in [-0.4, -0.2) is 30.2 Å². The number of carbonyl (C=O) groups excluding carboxylic acids is 2. The van der Waals surface area contributed by atoms with Crippen LogP contribution in [0.4, 0.5) is 5.69 Å². The summed E-state index contributed by atoms with van der Waals surface area (Å²) in [6, 6.07) is 18.0. The first-order valence-corrected chi connectivity index (χ1v) is 10.0. The van der Waals surface area contributed by atoms with E-state index in [1.807, 2.05) is 42.5 Å². The summed E-state index contributed by atoms with van der Waals surface area (Å²) in [5.74, 6) is 0.649. The minimum atomic E-state index is -0.108. The quantitative estimate of drug-likeness (QED) is 0.847. The van der Waals surface area contributed by atoms with Gasteiger partial charge in [-0.25, -0.2) is 0 Å². The molecule has 0 aromatic heterocycles. The largest absolute Gasteiger partial charge is 0.351 e. The summed E-state index contributed by atoms with van der Waals surface area (Å²) in [6.45, 7) is 2.14. The Morgan fingerprint density at radius 1 is 1.15 bits per heavy atom. The summed E-state index contributed by atoms with van der Waals surface area (Å²) in [7, 11) is 0. The second-order valence-electron chi connectivity index (χ2n) is 6.41. The van der Waals surface area contributed by atoms with E-state index in [1.165, 1.54) is 5.56 Å². The van der Waals surface area contributed by atoms with Gasteiger partial charge in [0, 0.05) is 23.1 Å². The number of nitrogens with one attached hydrogen (secondary N) is 1. The third-order valence-corrected chi connectivity index (χ3v) is 5.58. The Bertz CT molecular complexity index is 764. The normalized spacial score (nSPS) is 15.1. The molecule has 2 aromatic rings. The Labute approximate surface area is 159 Å². The number of fused-ring (bicyclic) bond motifs is 1. The van der Waals surface area contributed by atoms with Crippen molar-refractivity contribution in [3.8, 4) is 0 Å². The molecule has 26 heavy (non-hydrogen) atoms. The SMILES string of the molecule is CC[C@H](Cc1ccccc1)NC(=O)CN1C(=O)CCSc2ccccc21. The second kappa shape index (κ2) is 8.90. The van der Waals surface area contributed by atoms with Crippen molar-refractivity contribution in [1.82, 2.24) is 5.32 Å². The molecule has 0 aliphatic carbocycles. The van der Waals surface area contributed by atoms with Crippen molar-refractivity contribution < 1.29 is 9.59 Å². The van der Waals surface area contributed by atoms with Gasteiger partial charge >= 0.3 is 0 Å². The van der Waals surface area contributed by atoms with Crippen LogP contribution < -0.4 is 10.2 Å². The van der Waals surface area contributed by atoms with Gasteiger partial charge in [-0.15, -0.1) is 11.8 Å². The molecule has 0 bridgehead atoms. The smallest absolute Gasteiger partial charge is 0.240 e. The molecule has 2 amide bonds. The van der Waals surface area contributed by atoms with Crippen LogP contribution in [0, 0.1) is 0 Å². The first kappa shape index (κ1) is 18.5. The minimum Gasteiger partial charge on any atom is -0.351 e. The fraction of sp³-hybridized carbons (Fsp3) is 0.333. The third-order valence-electron chi connectivity index (χ3n) is 4.52. The zero-order valence-electron chi connectivity index (χ0n) is 15.0. The van der Waals surface area contributed by atoms with Crippen LogP contribution in [0.5, 0.6) is 0 Å². The molecular weight excluding hydrogens is 344 g/mol. The van der Waals surface area contributed by atoms with Gasteiger partial charge in [-0.1, -0.05) is 49.4 Å². The van der Waals surface area contributed by atoms with E-state index in [0.29, 0.717) is 6.42 Å². The van der Waals surface area contributed by atoms with E-state index in [2.05, 4.69) is 24.4 Å². The molecule has 136 valence electrons. The molecule has 5 heteroatoms. The number of nitrogens with zero attached hydrogens (tertiary/aromatic N) is 1. The average molecular weight is 369 g/mol. The maximum Gasteiger partial charge on any atom is 0.240 e. The van der Waals surface area contributed by atoms with Gasteiger partial charge in [-0.2, -0.15) is 0 Å². The van der Waals surface area contributed by atoms with Crippen LogP contribution in [-0.2, 0) is 16.0 Å². The minimum absolute atomic E-state index is 0.00806. The van der Waals surface area contributed by atoms with Crippen LogP contribution >= 0.6 is 11.8 Å². The molecule has 1 heterocycles. The monoisotopic (exact) mass is 368 g/mol. The number of thioether (sulfide) groups is 1. The van der Waals surface area contributed by atoms with Crippen molar-refractivity contribution in [3.63, 3.8) is 0 Å². The van der Waals surface area contributed by atoms with E-state index in [-0.39, 0.29) is 24.4 Å². The summed E-state index contributed by atoms with van der Waals surface area (Å²) in [5.41, 5.74) is 2.04. The number of hydrogen-bond donors (Lipinski definition) is 1. The van der Waals surface area contributed by atoms with Gasteiger partial charge in [0.25, 0.3) is 0 Å². The van der Waals surface area contributed by atoms with Crippen LogP contribution in [0.2, 0.25) is 0 Å². The molecule has 0 radical (unpaired) electrons. The Morgan fingerprint density at radius 2 is 1.88 bits per heavy atom. The molecule has 0 spiro atoms. The number of anilines is 1. The van der Waals surface area contributed by atoms with Crippen molar-refractivity contribution in [2.45, 2.75) is 37.1 Å². The second-order valence-corrected chi connectivity index (χ2v) is 7.55. The van der Waals surface area contributed by atoms with Gasteiger partial charge < -0.3 is 10.2 Å². The number of hydrogen-bond acceptors (Lipinski definition) is 3. The van der Waals surface area contributed by atoms with Gasteiger partial charge in [0.2, 0.25) is 11.8 Å². The van der Waals surface area contributed by atoms with E-state index in [4.69, 9.17) is 0 Å². The highest BCUT2D eigenvalue weighted by molar-refractivity contribution is 7.99. The lowest BCUT2D eigenvalue weighted by Crippen LogP contribution is -2.44. The summed E-state index contributed by atoms with van der Waals surface area (Å²) in [6.07, 6.45) is 2.10. The van der Waals surface area contributed by atoms with Gasteiger partial charge in [-0.05, 0) is 30.5 Å². The van der Waals surface area contributed by atoms with Gasteiger partial charge in [0.05, 0.1) is 5.69 Å². The lowest BCUT2D eigenvalue weighted by molar-refractivity contribution is -0.124. The fourth-order valence-corrected chi connectivity index (χ4v) is 4.10. The third kappa shape index (κ3) is 4.67. The first-order chi connectivity index (χ1) is 12.7. The number of benzene rings is 2. The Kier molecular flexibility index (Phi) is 6.34. The van der Waals surface area contributed by atoms with Crippen molar-refractivity contribution in [2.75, 3.05) is 17.2 Å². The number of carbonyl (C=O) groups is 2. The summed E-state index contributed by atoms with van der Waals surface area (Å²) in [5, 5.41) is 3.09. The standard InChI is InChI=1S/C21H24N2O2S/c1-2-17(14-16-8-4-3-5-9-16)22-20(24)15-23-18-10-6-7-11-19(18)26-13-12-21(23)25/h3-11,17H,2,12-15H2,1H3,(H,22,24)/t17-/m1/s1. The van der Waals surface area contributed by atoms with Crippen LogP contribution in [0.1, 0.15) is 25.3 Å². The van der Waals surface area contributed by atoms with E-state index in [0.717, 1.165) is 29.2 Å². The maximum absolute atomic E-state index is 12.6. The predicted octanol–water partition coefficient (Wildman–Crippen LogP) is 3.65. The zero-order chi connectivity index (χ0) is 18.4. The summed E-state index contributed by atoms with van der Waals surface area (Å²) >= 11 is 1.67. The van der Waals surface area contributed by atoms with Crippen molar-refractivity contribution >= 4 is 29.3 Å². The van der Waals surface area contributed by atoms with Gasteiger partial charge in [0.15, 0.2) is 0 Å². The zero-order valence-corrected chi connectivity index (χ0v) is 15.8. The summed E-state index contributed by atoms with van der Waals surface area (Å²) < 4.78 is 0. The van der Waals surface area contributed by atoms with Crippen LogP contribution in [0.15, 0.2) is 59.5 Å². The predicted molar refractivity (Wildman–Crippen MR) is 107 cm³/mol. The van der Waals surface area contributed by atoms with E-state index in [1.54, 1.807) is 16.7 Å². The van der Waals surface area contributed by atoms with Crippen LogP contribution in [0.3, 0.4) is 0 Å². The molecule has 2 aromatic carbocycles. The molecule has 1 atom stereocenters. The van der Waals surface area contributed by atoms with E-state index < -0.39 is 0 Å². The lowest BCUT2D eigenvalue weighted by Gasteiger charge is -2.24. The molecular formula is C21H24N2O2S. The molecule has 3 rings (SSSR count). The van der Waals surface area contributed by atoms with Gasteiger partial charge in [-0.3, -0.25) is 9.59 Å². The maximum atomic E-state index is 12.6. The fourth-order valence-electron chi connectivity index (χ4n) is 3.11. The molecule has 0 saturated carbocycles. The number of rotatable bonds is 6. The molecule has 1 aliphatic heterocycles. The number of para-hydroxylation sites is 1. The summed E-state index contributed by atoms with van der Waals surface area (Å²) in [4.78, 5) is 27.8. The average Bonchev–Trinajstić information content (AvgIpc) is 2.81. The molecule has 1 aliphatic rings. The Balaban J connectivity index is 1.67. The molecule has 0 unspecified atom stereocenters. The lowest BCUT2D eigenvalue weighted by atomic mass is 10.0. The highest BCUT2D eigenvalue weighted by Crippen LogP contribution is 2.33. The molecule has 4 nitrogen and oxygen atoms in total. The Hall–Kier alpha value is -2.27. The molecule has 1 N–H and O–H groups in total. The van der Waals surface area contributed by atoms with E-state index in [9.17, 15) is 9.59 Å². The number of amides is 2. The van der Waals surface area contributed by atoms with Crippen molar-refractivity contribution in [1.29, 1.82) is 0 Å². The Morgan fingerprint density at radius 3 is 2.65 bits per heavy atom. The van der Waals surface area contributed by atoms with Crippen molar-refractivity contribution in [3.05, 3.63) is 60.2 Å². The van der Waals surface area contributed by atoms with Crippen molar-refractivity contribution in [2.24, 2.45) is 0 Å². The highest BCUT2D eigenvalue weighted by Gasteiger charge is 2.25.